The molecule has 1 atom stereocenters. The number of amides is 1. The van der Waals surface area contributed by atoms with Crippen LogP contribution in [0.3, 0.4) is 0 Å². The number of aryl methyl sites for hydroxylation is 3. The summed E-state index contributed by atoms with van der Waals surface area (Å²) in [6.45, 7) is 14.2. The molecule has 0 heterocycles. The minimum absolute atomic E-state index is 0.134. The molecule has 0 saturated carbocycles. The van der Waals surface area contributed by atoms with Crippen LogP contribution in [-0.4, -0.2) is 24.3 Å². The van der Waals surface area contributed by atoms with E-state index in [-0.39, 0.29) is 24.4 Å². The maximum atomic E-state index is 15.5. The number of unbranched alkanes of at least 4 members (excludes halogenated alkanes) is 2. The van der Waals surface area contributed by atoms with Gasteiger partial charge in [-0.25, -0.2) is 13.6 Å². The highest BCUT2D eigenvalue weighted by atomic mass is 19.1. The Bertz CT molecular complexity index is 1120. The minimum Gasteiger partial charge on any atom is -0.466 e. The van der Waals surface area contributed by atoms with Gasteiger partial charge in [-0.3, -0.25) is 4.79 Å². The van der Waals surface area contributed by atoms with Crippen molar-refractivity contribution in [1.29, 1.82) is 0 Å². The highest BCUT2D eigenvalue weighted by molar-refractivity contribution is 5.76. The fraction of sp³-hybridized carbons (Fsp3) is 0.467. The van der Waals surface area contributed by atoms with Crippen LogP contribution in [0.5, 0.6) is 0 Å². The van der Waals surface area contributed by atoms with E-state index in [1.165, 1.54) is 12.1 Å². The van der Waals surface area contributed by atoms with Crippen molar-refractivity contribution in [3.8, 4) is 11.1 Å². The van der Waals surface area contributed by atoms with E-state index in [1.54, 1.807) is 46.8 Å². The maximum Gasteiger partial charge on any atom is 0.408 e. The Morgan fingerprint density at radius 1 is 1.08 bits per heavy atom. The molecule has 0 aliphatic carbocycles. The van der Waals surface area contributed by atoms with Crippen molar-refractivity contribution in [2.75, 3.05) is 6.61 Å². The summed E-state index contributed by atoms with van der Waals surface area (Å²) in [5.74, 6) is -1.45. The number of esters is 1. The average molecular weight is 516 g/mol. The molecule has 0 unspecified atom stereocenters. The standard InChI is InChI=1S/C30H39F2NO4/c1-8-10-11-12-13-21-16-23(31)15-19(3)27(21)22-14-20(4)28(32)24(17-22)25(18-26(34)36-9-2)33-29(35)37-30(5,6)7/h8,14-17,25H,1,9-13,18H2,2-7H3,(H,33,35)/t25-/m0/s1. The zero-order valence-corrected chi connectivity index (χ0v) is 22.8. The molecule has 0 aliphatic rings. The van der Waals surface area contributed by atoms with Gasteiger partial charge in [-0.15, -0.1) is 6.58 Å². The van der Waals surface area contributed by atoms with Crippen LogP contribution in [0.1, 0.15) is 81.7 Å². The van der Waals surface area contributed by atoms with Crippen molar-refractivity contribution >= 4 is 12.1 Å². The van der Waals surface area contributed by atoms with Crippen molar-refractivity contribution in [3.63, 3.8) is 0 Å². The summed E-state index contributed by atoms with van der Waals surface area (Å²) in [6.07, 6.45) is 4.10. The summed E-state index contributed by atoms with van der Waals surface area (Å²) in [6, 6.07) is 5.28. The van der Waals surface area contributed by atoms with E-state index in [4.69, 9.17) is 9.47 Å². The third kappa shape index (κ3) is 8.99. The van der Waals surface area contributed by atoms with Gasteiger partial charge >= 0.3 is 12.1 Å². The monoisotopic (exact) mass is 515 g/mol. The van der Waals surface area contributed by atoms with Crippen molar-refractivity contribution in [2.24, 2.45) is 0 Å². The first-order chi connectivity index (χ1) is 17.4. The van der Waals surface area contributed by atoms with Gasteiger partial charge in [0.25, 0.3) is 0 Å². The normalized spacial score (nSPS) is 12.1. The van der Waals surface area contributed by atoms with Crippen LogP contribution in [0.2, 0.25) is 0 Å². The molecule has 0 radical (unpaired) electrons. The lowest BCUT2D eigenvalue weighted by Crippen LogP contribution is -2.36. The third-order valence-corrected chi connectivity index (χ3v) is 5.80. The minimum atomic E-state index is -1.02. The second-order valence-corrected chi connectivity index (χ2v) is 10.2. The molecule has 202 valence electrons. The van der Waals surface area contributed by atoms with Crippen molar-refractivity contribution < 1.29 is 27.8 Å². The Labute approximate surface area is 219 Å². The van der Waals surface area contributed by atoms with Crippen LogP contribution in [0.15, 0.2) is 36.9 Å². The zero-order chi connectivity index (χ0) is 27.8. The van der Waals surface area contributed by atoms with Crippen LogP contribution in [-0.2, 0) is 20.7 Å². The Kier molecular flexibility index (Phi) is 10.8. The number of hydrogen-bond donors (Lipinski definition) is 1. The number of ether oxygens (including phenoxy) is 2. The Morgan fingerprint density at radius 2 is 1.78 bits per heavy atom. The summed E-state index contributed by atoms with van der Waals surface area (Å²) in [4.78, 5) is 25.0. The van der Waals surface area contributed by atoms with E-state index in [0.717, 1.165) is 36.0 Å². The molecule has 0 aromatic heterocycles. The van der Waals surface area contributed by atoms with Gasteiger partial charge in [-0.1, -0.05) is 6.08 Å². The molecule has 5 nitrogen and oxygen atoms in total. The summed E-state index contributed by atoms with van der Waals surface area (Å²) in [7, 11) is 0. The number of nitrogens with one attached hydrogen (secondary N) is 1. The summed E-state index contributed by atoms with van der Waals surface area (Å²) < 4.78 is 40.3. The second-order valence-electron chi connectivity index (χ2n) is 10.2. The van der Waals surface area contributed by atoms with E-state index < -0.39 is 29.5 Å². The summed E-state index contributed by atoms with van der Waals surface area (Å²) in [5.41, 5.74) is 2.74. The Morgan fingerprint density at radius 3 is 2.41 bits per heavy atom. The predicted octanol–water partition coefficient (Wildman–Crippen LogP) is 7.67. The van der Waals surface area contributed by atoms with E-state index in [1.807, 2.05) is 13.0 Å². The third-order valence-electron chi connectivity index (χ3n) is 5.80. The van der Waals surface area contributed by atoms with Crippen molar-refractivity contribution in [2.45, 2.75) is 85.3 Å². The molecule has 7 heteroatoms. The SMILES string of the molecule is C=CCCCCc1cc(F)cc(C)c1-c1cc(C)c(F)c([C@H](CC(=O)OCC)NC(=O)OC(C)(C)C)c1. The molecule has 2 aromatic carbocycles. The lowest BCUT2D eigenvalue weighted by molar-refractivity contribution is -0.143. The van der Waals surface area contributed by atoms with Crippen LogP contribution >= 0.6 is 0 Å². The van der Waals surface area contributed by atoms with Gasteiger partial charge in [0.1, 0.15) is 17.2 Å². The number of hydrogen-bond acceptors (Lipinski definition) is 4. The van der Waals surface area contributed by atoms with Crippen molar-refractivity contribution in [1.82, 2.24) is 5.32 Å². The van der Waals surface area contributed by atoms with Gasteiger partial charge in [-0.2, -0.15) is 0 Å². The van der Waals surface area contributed by atoms with Crippen LogP contribution < -0.4 is 5.32 Å². The lowest BCUT2D eigenvalue weighted by atomic mass is 9.88. The number of alkyl carbamates (subject to hydrolysis) is 1. The largest absolute Gasteiger partial charge is 0.466 e. The van der Waals surface area contributed by atoms with Gasteiger partial charge in [0.05, 0.1) is 19.1 Å². The molecule has 1 amide bonds. The second kappa shape index (κ2) is 13.4. The molecule has 37 heavy (non-hydrogen) atoms. The first-order valence-corrected chi connectivity index (χ1v) is 12.7. The maximum absolute atomic E-state index is 15.5. The smallest absolute Gasteiger partial charge is 0.408 e. The molecular formula is C30H39F2NO4. The molecule has 0 spiro atoms. The van der Waals surface area contributed by atoms with Crippen LogP contribution in [0.4, 0.5) is 13.6 Å². The number of carbonyl (C=O) groups is 2. The topological polar surface area (TPSA) is 64.6 Å². The van der Waals surface area contributed by atoms with Gasteiger partial charge in [-0.05, 0) is 119 Å². The van der Waals surface area contributed by atoms with Gasteiger partial charge in [0.2, 0.25) is 0 Å². The van der Waals surface area contributed by atoms with Gasteiger partial charge in [0.15, 0.2) is 0 Å². The average Bonchev–Trinajstić information content (AvgIpc) is 2.77. The first kappa shape index (κ1) is 30.0. The van der Waals surface area contributed by atoms with Crippen molar-refractivity contribution in [3.05, 3.63) is 70.8 Å². The first-order valence-electron chi connectivity index (χ1n) is 12.7. The molecular weight excluding hydrogens is 476 g/mol. The highest BCUT2D eigenvalue weighted by Crippen LogP contribution is 2.35. The molecule has 0 fully saturated rings. The number of halogens is 2. The molecule has 0 aliphatic heterocycles. The molecule has 1 N–H and O–H groups in total. The predicted molar refractivity (Wildman–Crippen MR) is 142 cm³/mol. The highest BCUT2D eigenvalue weighted by Gasteiger charge is 2.27. The number of carbonyl (C=O) groups excluding carboxylic acids is 2. The fourth-order valence-corrected chi connectivity index (χ4v) is 4.30. The van der Waals surface area contributed by atoms with E-state index >= 15 is 4.39 Å². The molecule has 0 saturated heterocycles. The zero-order valence-electron chi connectivity index (χ0n) is 22.8. The Hall–Kier alpha value is -3.22. The van der Waals surface area contributed by atoms with E-state index in [9.17, 15) is 14.0 Å². The number of benzene rings is 2. The summed E-state index contributed by atoms with van der Waals surface area (Å²) in [5, 5.41) is 2.64. The molecule has 0 bridgehead atoms. The quantitative estimate of drug-likeness (QED) is 0.189. The van der Waals surface area contributed by atoms with Crippen LogP contribution in [0, 0.1) is 25.5 Å². The lowest BCUT2D eigenvalue weighted by Gasteiger charge is -2.25. The molecule has 2 rings (SSSR count). The van der Waals surface area contributed by atoms with E-state index in [2.05, 4.69) is 11.9 Å². The number of rotatable bonds is 11. The summed E-state index contributed by atoms with van der Waals surface area (Å²) >= 11 is 0. The van der Waals surface area contributed by atoms with Gasteiger partial charge < -0.3 is 14.8 Å². The molecule has 2 aromatic rings. The van der Waals surface area contributed by atoms with E-state index in [0.29, 0.717) is 17.5 Å². The number of allylic oxidation sites excluding steroid dienone is 1. The Balaban J connectivity index is 2.58. The fourth-order valence-electron chi connectivity index (χ4n) is 4.30. The van der Waals surface area contributed by atoms with Crippen LogP contribution in [0.25, 0.3) is 11.1 Å². The van der Waals surface area contributed by atoms with Gasteiger partial charge in [0, 0.05) is 5.56 Å².